The standard InChI is InChI=1S/C14H20ClNO2.ClH/c1-2-17-14-6-5-11(8-13(14)15)9-16-10-12-4-3-7-18-12;/h5-6,8,12,16H,2-4,7,9-10H2,1H3;1H/p-1. The van der Waals surface area contributed by atoms with E-state index in [1.807, 2.05) is 25.1 Å². The van der Waals surface area contributed by atoms with E-state index in [9.17, 15) is 0 Å². The number of hydrogen-bond acceptors (Lipinski definition) is 3. The minimum absolute atomic E-state index is 0. The van der Waals surface area contributed by atoms with Crippen molar-refractivity contribution in [2.24, 2.45) is 0 Å². The highest BCUT2D eigenvalue weighted by Gasteiger charge is 2.14. The topological polar surface area (TPSA) is 30.5 Å². The lowest BCUT2D eigenvalue weighted by Gasteiger charge is -2.12. The third kappa shape index (κ3) is 5.19. The SMILES string of the molecule is CCOc1ccc(CNCC2CCCO2)cc1Cl.[Cl-]. The number of rotatable bonds is 6. The Bertz CT molecular complexity index is 382. The van der Waals surface area contributed by atoms with Gasteiger partial charge in [0.25, 0.3) is 0 Å². The lowest BCUT2D eigenvalue weighted by molar-refractivity contribution is -0.00000550. The summed E-state index contributed by atoms with van der Waals surface area (Å²) in [5, 5.41) is 4.07. The van der Waals surface area contributed by atoms with Crippen LogP contribution in [0.4, 0.5) is 0 Å². The van der Waals surface area contributed by atoms with E-state index in [0.29, 0.717) is 17.7 Å². The highest BCUT2D eigenvalue weighted by Crippen LogP contribution is 2.25. The first-order valence-electron chi connectivity index (χ1n) is 6.53. The van der Waals surface area contributed by atoms with E-state index >= 15 is 0 Å². The summed E-state index contributed by atoms with van der Waals surface area (Å²) in [6.45, 7) is 5.21. The van der Waals surface area contributed by atoms with Gasteiger partial charge < -0.3 is 27.2 Å². The van der Waals surface area contributed by atoms with Gasteiger partial charge in [0.2, 0.25) is 0 Å². The number of benzene rings is 1. The quantitative estimate of drug-likeness (QED) is 0.803. The Morgan fingerprint density at radius 3 is 2.95 bits per heavy atom. The Morgan fingerprint density at radius 2 is 2.32 bits per heavy atom. The zero-order valence-electron chi connectivity index (χ0n) is 11.1. The van der Waals surface area contributed by atoms with Gasteiger partial charge in [0, 0.05) is 19.7 Å². The van der Waals surface area contributed by atoms with Crippen molar-refractivity contribution in [1.82, 2.24) is 5.32 Å². The summed E-state index contributed by atoms with van der Waals surface area (Å²) in [5.41, 5.74) is 1.17. The minimum Gasteiger partial charge on any atom is -1.00 e. The van der Waals surface area contributed by atoms with E-state index in [0.717, 1.165) is 31.9 Å². The third-order valence-corrected chi connectivity index (χ3v) is 3.32. The van der Waals surface area contributed by atoms with Gasteiger partial charge in [-0.3, -0.25) is 0 Å². The molecule has 19 heavy (non-hydrogen) atoms. The summed E-state index contributed by atoms with van der Waals surface area (Å²) >= 11 is 6.14. The second kappa shape index (κ2) is 8.64. The first-order chi connectivity index (χ1) is 8.79. The normalized spacial score (nSPS) is 18.1. The largest absolute Gasteiger partial charge is 1.00 e. The number of nitrogens with one attached hydrogen (secondary N) is 1. The van der Waals surface area contributed by atoms with Crippen molar-refractivity contribution in [2.45, 2.75) is 32.4 Å². The maximum Gasteiger partial charge on any atom is 0.137 e. The van der Waals surface area contributed by atoms with Gasteiger partial charge in [-0.1, -0.05) is 17.7 Å². The van der Waals surface area contributed by atoms with Crippen molar-refractivity contribution in [1.29, 1.82) is 0 Å². The maximum atomic E-state index is 6.14. The van der Waals surface area contributed by atoms with Crippen molar-refractivity contribution in [3.8, 4) is 5.75 Å². The molecule has 0 saturated carbocycles. The molecule has 1 aromatic carbocycles. The van der Waals surface area contributed by atoms with Gasteiger partial charge in [0.05, 0.1) is 17.7 Å². The van der Waals surface area contributed by atoms with Gasteiger partial charge in [-0.05, 0) is 37.5 Å². The van der Waals surface area contributed by atoms with Crippen LogP contribution in [-0.4, -0.2) is 25.9 Å². The van der Waals surface area contributed by atoms with Crippen LogP contribution in [0.15, 0.2) is 18.2 Å². The molecule has 0 bridgehead atoms. The van der Waals surface area contributed by atoms with Crippen LogP contribution in [0.1, 0.15) is 25.3 Å². The molecule has 0 aromatic heterocycles. The van der Waals surface area contributed by atoms with Crippen LogP contribution in [-0.2, 0) is 11.3 Å². The Kier molecular flexibility index (Phi) is 7.54. The van der Waals surface area contributed by atoms with Crippen LogP contribution in [0.2, 0.25) is 5.02 Å². The molecule has 5 heteroatoms. The first kappa shape index (κ1) is 16.6. The molecule has 1 aliphatic rings. The van der Waals surface area contributed by atoms with Crippen LogP contribution in [0.3, 0.4) is 0 Å². The van der Waals surface area contributed by atoms with Crippen LogP contribution in [0, 0.1) is 0 Å². The van der Waals surface area contributed by atoms with Gasteiger partial charge in [-0.15, -0.1) is 0 Å². The summed E-state index contributed by atoms with van der Waals surface area (Å²) in [4.78, 5) is 0. The van der Waals surface area contributed by atoms with Crippen molar-refractivity contribution in [2.75, 3.05) is 19.8 Å². The number of hydrogen-bond donors (Lipinski definition) is 1. The van der Waals surface area contributed by atoms with E-state index in [1.165, 1.54) is 12.0 Å². The first-order valence-corrected chi connectivity index (χ1v) is 6.91. The third-order valence-electron chi connectivity index (χ3n) is 3.02. The van der Waals surface area contributed by atoms with Gasteiger partial charge in [0.15, 0.2) is 0 Å². The maximum absolute atomic E-state index is 6.14. The van der Waals surface area contributed by atoms with E-state index in [2.05, 4.69) is 5.32 Å². The average Bonchev–Trinajstić information content (AvgIpc) is 2.86. The molecule has 0 radical (unpaired) electrons. The van der Waals surface area contributed by atoms with Crippen molar-refractivity contribution in [3.05, 3.63) is 28.8 Å². The molecule has 0 spiro atoms. The monoisotopic (exact) mass is 304 g/mol. The summed E-state index contributed by atoms with van der Waals surface area (Å²) in [6, 6.07) is 5.92. The fourth-order valence-corrected chi connectivity index (χ4v) is 2.37. The Labute approximate surface area is 126 Å². The second-order valence-corrected chi connectivity index (χ2v) is 4.87. The van der Waals surface area contributed by atoms with Crippen LogP contribution >= 0.6 is 11.6 Å². The zero-order valence-corrected chi connectivity index (χ0v) is 12.6. The van der Waals surface area contributed by atoms with Crippen LogP contribution in [0.5, 0.6) is 5.75 Å². The molecule has 1 N–H and O–H groups in total. The van der Waals surface area contributed by atoms with E-state index < -0.39 is 0 Å². The zero-order chi connectivity index (χ0) is 12.8. The molecule has 1 unspecified atom stereocenters. The molecule has 1 saturated heterocycles. The van der Waals surface area contributed by atoms with E-state index in [1.54, 1.807) is 0 Å². The molecule has 3 nitrogen and oxygen atoms in total. The van der Waals surface area contributed by atoms with E-state index in [4.69, 9.17) is 21.1 Å². The molecule has 0 aliphatic carbocycles. The summed E-state index contributed by atoms with van der Waals surface area (Å²) in [7, 11) is 0. The molecule has 2 rings (SSSR count). The summed E-state index contributed by atoms with van der Waals surface area (Å²) in [6.07, 6.45) is 2.72. The highest BCUT2D eigenvalue weighted by atomic mass is 35.5. The fourth-order valence-electron chi connectivity index (χ4n) is 2.11. The molecule has 108 valence electrons. The van der Waals surface area contributed by atoms with Crippen molar-refractivity contribution >= 4 is 11.6 Å². The van der Waals surface area contributed by atoms with Gasteiger partial charge in [-0.2, -0.15) is 0 Å². The molecule has 1 atom stereocenters. The molecule has 1 fully saturated rings. The molecule has 1 aliphatic heterocycles. The van der Waals surface area contributed by atoms with E-state index in [-0.39, 0.29) is 12.4 Å². The predicted molar refractivity (Wildman–Crippen MR) is 73.3 cm³/mol. The number of halogens is 2. The summed E-state index contributed by atoms with van der Waals surface area (Å²) in [5.74, 6) is 0.752. The predicted octanol–water partition coefficient (Wildman–Crippen LogP) is 0.0113. The van der Waals surface area contributed by atoms with Gasteiger partial charge in [0.1, 0.15) is 5.75 Å². The number of ether oxygens (including phenoxy) is 2. The lowest BCUT2D eigenvalue weighted by atomic mass is 10.2. The second-order valence-electron chi connectivity index (χ2n) is 4.46. The van der Waals surface area contributed by atoms with Crippen LogP contribution < -0.4 is 22.5 Å². The molecule has 1 heterocycles. The molecule has 0 amide bonds. The fraction of sp³-hybridized carbons (Fsp3) is 0.571. The minimum atomic E-state index is 0. The molecular weight excluding hydrogens is 285 g/mol. The van der Waals surface area contributed by atoms with Gasteiger partial charge in [-0.25, -0.2) is 0 Å². The Hall–Kier alpha value is -0.480. The smallest absolute Gasteiger partial charge is 0.137 e. The lowest BCUT2D eigenvalue weighted by Crippen LogP contribution is -3.00. The molecule has 1 aromatic rings. The average molecular weight is 305 g/mol. The highest BCUT2D eigenvalue weighted by molar-refractivity contribution is 6.32. The molecular formula is C14H20Cl2NO2-. The Balaban J connectivity index is 0.00000180. The van der Waals surface area contributed by atoms with Crippen molar-refractivity contribution in [3.63, 3.8) is 0 Å². The van der Waals surface area contributed by atoms with Gasteiger partial charge >= 0.3 is 0 Å². The van der Waals surface area contributed by atoms with Crippen LogP contribution in [0.25, 0.3) is 0 Å². The summed E-state index contributed by atoms with van der Waals surface area (Å²) < 4.78 is 11.0. The Morgan fingerprint density at radius 1 is 1.47 bits per heavy atom. The van der Waals surface area contributed by atoms with Crippen molar-refractivity contribution < 1.29 is 21.9 Å².